The van der Waals surface area contributed by atoms with E-state index in [9.17, 15) is 9.90 Å². The molecule has 0 amide bonds. The van der Waals surface area contributed by atoms with Crippen molar-refractivity contribution in [3.05, 3.63) is 34.9 Å². The maximum absolute atomic E-state index is 11.4. The average Bonchev–Trinajstić information content (AvgIpc) is 2.69. The molecule has 0 spiro atoms. The fourth-order valence-electron chi connectivity index (χ4n) is 4.92. The number of esters is 1. The zero-order valence-corrected chi connectivity index (χ0v) is 12.7. The number of fused-ring (bicyclic) bond motifs is 4. The van der Waals surface area contributed by atoms with E-state index >= 15 is 0 Å². The molecule has 0 radical (unpaired) electrons. The zero-order chi connectivity index (χ0) is 14.8. The van der Waals surface area contributed by atoms with E-state index in [2.05, 4.69) is 19.1 Å². The minimum absolute atomic E-state index is 0.131. The summed E-state index contributed by atoms with van der Waals surface area (Å²) in [5, 5.41) is 10.8. The lowest BCUT2D eigenvalue weighted by Crippen LogP contribution is -2.45. The van der Waals surface area contributed by atoms with Crippen LogP contribution < -0.4 is 0 Å². The standard InChI is InChI=1S/C18H22O3/c1-17-7-5-12-13(15(17)6-8-18(17,2)20)4-3-11-9-16(19)21-10-14(11)12/h5,7,9,13,15,20H,3-4,6,8,10H2,1-2H3/t13?,15?,17?,18-/m0/s1. The number of hydrogen-bond acceptors (Lipinski definition) is 3. The van der Waals surface area contributed by atoms with Crippen molar-refractivity contribution in [3.63, 3.8) is 0 Å². The molecule has 1 saturated carbocycles. The quantitative estimate of drug-likeness (QED) is 0.696. The summed E-state index contributed by atoms with van der Waals surface area (Å²) < 4.78 is 5.22. The average molecular weight is 286 g/mol. The van der Waals surface area contributed by atoms with Crippen molar-refractivity contribution < 1.29 is 14.6 Å². The van der Waals surface area contributed by atoms with Crippen LogP contribution >= 0.6 is 0 Å². The van der Waals surface area contributed by atoms with Gasteiger partial charge in [0.1, 0.15) is 6.61 Å². The first-order valence-corrected chi connectivity index (χ1v) is 7.95. The van der Waals surface area contributed by atoms with Crippen molar-refractivity contribution in [3.8, 4) is 0 Å². The van der Waals surface area contributed by atoms with Gasteiger partial charge in [0, 0.05) is 11.5 Å². The van der Waals surface area contributed by atoms with Crippen molar-refractivity contribution in [1.82, 2.24) is 0 Å². The van der Waals surface area contributed by atoms with Gasteiger partial charge in [-0.25, -0.2) is 4.79 Å². The molecule has 1 N–H and O–H groups in total. The molecule has 3 heteroatoms. The summed E-state index contributed by atoms with van der Waals surface area (Å²) in [6.45, 7) is 4.60. The predicted octanol–water partition coefficient (Wildman–Crippen LogP) is 2.91. The number of allylic oxidation sites excluding steroid dienone is 2. The minimum Gasteiger partial charge on any atom is -0.458 e. The van der Waals surface area contributed by atoms with Crippen LogP contribution in [-0.2, 0) is 9.53 Å². The molecule has 4 aliphatic rings. The van der Waals surface area contributed by atoms with Crippen molar-refractivity contribution in [2.24, 2.45) is 17.3 Å². The van der Waals surface area contributed by atoms with Gasteiger partial charge >= 0.3 is 5.97 Å². The van der Waals surface area contributed by atoms with Crippen LogP contribution in [0.15, 0.2) is 34.9 Å². The second-order valence-electron chi connectivity index (χ2n) is 7.39. The summed E-state index contributed by atoms with van der Waals surface area (Å²) in [5.41, 5.74) is 2.99. The van der Waals surface area contributed by atoms with Gasteiger partial charge in [-0.15, -0.1) is 0 Å². The highest BCUT2D eigenvalue weighted by Crippen LogP contribution is 2.60. The zero-order valence-electron chi connectivity index (χ0n) is 12.7. The van der Waals surface area contributed by atoms with Crippen molar-refractivity contribution in [2.75, 3.05) is 6.61 Å². The number of carbonyl (C=O) groups is 1. The molecule has 4 atom stereocenters. The van der Waals surface area contributed by atoms with Gasteiger partial charge in [-0.1, -0.05) is 19.1 Å². The Labute approximate surface area is 125 Å². The normalized spacial score (nSPS) is 44.7. The summed E-state index contributed by atoms with van der Waals surface area (Å²) in [6.07, 6.45) is 10.1. The van der Waals surface area contributed by atoms with Gasteiger partial charge in [0.25, 0.3) is 0 Å². The van der Waals surface area contributed by atoms with Gasteiger partial charge in [0.2, 0.25) is 0 Å². The van der Waals surface area contributed by atoms with E-state index in [1.807, 2.05) is 6.92 Å². The van der Waals surface area contributed by atoms with Crippen LogP contribution in [0, 0.1) is 17.3 Å². The van der Waals surface area contributed by atoms with Crippen LogP contribution in [-0.4, -0.2) is 23.3 Å². The van der Waals surface area contributed by atoms with E-state index in [0.717, 1.165) is 31.3 Å². The van der Waals surface area contributed by atoms with Crippen molar-refractivity contribution in [1.29, 1.82) is 0 Å². The summed E-state index contributed by atoms with van der Waals surface area (Å²) in [4.78, 5) is 11.4. The third kappa shape index (κ3) is 1.67. The number of aliphatic hydroxyl groups is 1. The smallest absolute Gasteiger partial charge is 0.331 e. The molecule has 21 heavy (non-hydrogen) atoms. The Kier molecular flexibility index (Phi) is 2.60. The molecule has 4 rings (SSSR count). The SMILES string of the molecule is CC12C=CC3=C4COC(=O)C=C4CCC3C1CC[C@]2(C)O. The second-order valence-corrected chi connectivity index (χ2v) is 7.39. The summed E-state index contributed by atoms with van der Waals surface area (Å²) in [7, 11) is 0. The molecule has 1 heterocycles. The first-order chi connectivity index (χ1) is 9.92. The second kappa shape index (κ2) is 4.10. The maximum atomic E-state index is 11.4. The molecule has 112 valence electrons. The van der Waals surface area contributed by atoms with Gasteiger partial charge in [0.05, 0.1) is 5.60 Å². The molecule has 1 fully saturated rings. The van der Waals surface area contributed by atoms with Gasteiger partial charge in [-0.2, -0.15) is 0 Å². The largest absolute Gasteiger partial charge is 0.458 e. The Balaban J connectivity index is 1.83. The molecule has 0 bridgehead atoms. The van der Waals surface area contributed by atoms with E-state index in [1.54, 1.807) is 6.08 Å². The summed E-state index contributed by atoms with van der Waals surface area (Å²) in [6, 6.07) is 0. The van der Waals surface area contributed by atoms with Crippen LogP contribution in [0.3, 0.4) is 0 Å². The molecule has 3 unspecified atom stereocenters. The van der Waals surface area contributed by atoms with Gasteiger partial charge in [0.15, 0.2) is 0 Å². The van der Waals surface area contributed by atoms with E-state index < -0.39 is 5.60 Å². The lowest BCUT2D eigenvalue weighted by Gasteiger charge is -2.47. The Morgan fingerprint density at radius 2 is 2.14 bits per heavy atom. The van der Waals surface area contributed by atoms with Crippen LogP contribution in [0.4, 0.5) is 0 Å². The lowest BCUT2D eigenvalue weighted by molar-refractivity contribution is -0.137. The highest BCUT2D eigenvalue weighted by atomic mass is 16.5. The van der Waals surface area contributed by atoms with Crippen LogP contribution in [0.2, 0.25) is 0 Å². The Hall–Kier alpha value is -1.35. The van der Waals surface area contributed by atoms with Crippen LogP contribution in [0.5, 0.6) is 0 Å². The Morgan fingerprint density at radius 3 is 2.95 bits per heavy atom. The van der Waals surface area contributed by atoms with E-state index in [0.29, 0.717) is 18.4 Å². The first kappa shape index (κ1) is 13.3. The number of hydrogen-bond donors (Lipinski definition) is 1. The van der Waals surface area contributed by atoms with Gasteiger partial charge in [-0.05, 0) is 61.2 Å². The molecule has 0 aromatic carbocycles. The molecular formula is C18H22O3. The molecule has 0 saturated heterocycles. The van der Waals surface area contributed by atoms with E-state index in [1.165, 1.54) is 11.1 Å². The third-order valence-electron chi connectivity index (χ3n) is 6.48. The van der Waals surface area contributed by atoms with E-state index in [-0.39, 0.29) is 11.4 Å². The topological polar surface area (TPSA) is 46.5 Å². The monoisotopic (exact) mass is 286 g/mol. The summed E-state index contributed by atoms with van der Waals surface area (Å²) in [5.74, 6) is 0.790. The first-order valence-electron chi connectivity index (χ1n) is 7.95. The fraction of sp³-hybridized carbons (Fsp3) is 0.611. The minimum atomic E-state index is -0.612. The lowest BCUT2D eigenvalue weighted by atomic mass is 9.59. The molecule has 3 aliphatic carbocycles. The highest BCUT2D eigenvalue weighted by Gasteiger charge is 2.56. The molecule has 1 aliphatic heterocycles. The maximum Gasteiger partial charge on any atom is 0.331 e. The summed E-state index contributed by atoms with van der Waals surface area (Å²) >= 11 is 0. The third-order valence-corrected chi connectivity index (χ3v) is 6.48. The van der Waals surface area contributed by atoms with E-state index in [4.69, 9.17) is 4.74 Å². The van der Waals surface area contributed by atoms with Gasteiger partial charge in [-0.3, -0.25) is 0 Å². The van der Waals surface area contributed by atoms with Crippen molar-refractivity contribution >= 4 is 5.97 Å². The van der Waals surface area contributed by atoms with Crippen molar-refractivity contribution in [2.45, 2.75) is 45.1 Å². The molecule has 0 aromatic rings. The molecule has 0 aromatic heterocycles. The number of cyclic esters (lactones) is 1. The molecule has 3 nitrogen and oxygen atoms in total. The molecular weight excluding hydrogens is 264 g/mol. The fourth-order valence-corrected chi connectivity index (χ4v) is 4.92. The Morgan fingerprint density at radius 1 is 1.33 bits per heavy atom. The Bertz CT molecular complexity index is 608. The van der Waals surface area contributed by atoms with Gasteiger partial charge < -0.3 is 9.84 Å². The predicted molar refractivity (Wildman–Crippen MR) is 79.4 cm³/mol. The van der Waals surface area contributed by atoms with Crippen LogP contribution in [0.25, 0.3) is 0 Å². The number of carbonyl (C=O) groups excluding carboxylic acids is 1. The van der Waals surface area contributed by atoms with Crippen LogP contribution in [0.1, 0.15) is 39.5 Å². The number of rotatable bonds is 0. The number of ether oxygens (including phenoxy) is 1. The highest BCUT2D eigenvalue weighted by molar-refractivity contribution is 5.86.